The molecular weight excluding hydrogens is 463 g/mol. The highest BCUT2D eigenvalue weighted by Gasteiger charge is 2.29. The summed E-state index contributed by atoms with van der Waals surface area (Å²) in [5.74, 6) is 2.35. The molecule has 174 valence electrons. The lowest BCUT2D eigenvalue weighted by atomic mass is 10.1. The number of aromatic amines is 1. The van der Waals surface area contributed by atoms with Crippen LogP contribution in [0.15, 0.2) is 53.2 Å². The minimum absolute atomic E-state index is 0. The number of hydrogen-bond acceptors (Lipinski definition) is 8. The van der Waals surface area contributed by atoms with Gasteiger partial charge in [-0.3, -0.25) is 5.10 Å². The Kier molecular flexibility index (Phi) is 7.38. The molecule has 0 aliphatic rings. The van der Waals surface area contributed by atoms with Crippen molar-refractivity contribution in [2.24, 2.45) is 0 Å². The van der Waals surface area contributed by atoms with Crippen LogP contribution in [-0.2, 0) is 19.3 Å². The number of ether oxygens (including phenoxy) is 1. The van der Waals surface area contributed by atoms with Crippen LogP contribution in [0.5, 0.6) is 5.88 Å². The summed E-state index contributed by atoms with van der Waals surface area (Å²) in [5, 5.41) is 16.7. The third-order valence-corrected chi connectivity index (χ3v) is 4.24. The highest BCUT2D eigenvalue weighted by Crippen LogP contribution is 2.29. The molecule has 0 saturated carbocycles. The van der Waals surface area contributed by atoms with Crippen molar-refractivity contribution < 1.29 is 22.4 Å². The van der Waals surface area contributed by atoms with E-state index in [-0.39, 0.29) is 24.9 Å². The quantitative estimate of drug-likeness (QED) is 0.326. The standard InChI is InChI=1S/C20H18F3N7O2.ClH/c1-12-8-15(32-30-12)10-25-19-24-7-6-16(27-19)26-17-9-18(29-28-17)31-11-13-2-4-14(5-3-13)20(21,22)23;/h2-9H,10-11H2,1H3,(H3,24,25,26,27,28,29);1H. The van der Waals surface area contributed by atoms with E-state index < -0.39 is 11.7 Å². The maximum absolute atomic E-state index is 12.6. The number of halogens is 4. The van der Waals surface area contributed by atoms with Crippen LogP contribution in [0.25, 0.3) is 0 Å². The first kappa shape index (κ1) is 23.9. The Bertz CT molecular complexity index is 1180. The van der Waals surface area contributed by atoms with Crippen LogP contribution in [0.1, 0.15) is 22.6 Å². The average Bonchev–Trinajstić information content (AvgIpc) is 3.39. The molecule has 0 aliphatic heterocycles. The fraction of sp³-hybridized carbons (Fsp3) is 0.200. The molecule has 0 radical (unpaired) electrons. The van der Waals surface area contributed by atoms with Gasteiger partial charge in [-0.15, -0.1) is 17.5 Å². The Morgan fingerprint density at radius 2 is 1.91 bits per heavy atom. The zero-order valence-corrected chi connectivity index (χ0v) is 18.0. The van der Waals surface area contributed by atoms with Crippen LogP contribution in [0, 0.1) is 6.92 Å². The number of aryl methyl sites for hydroxylation is 1. The van der Waals surface area contributed by atoms with E-state index in [0.29, 0.717) is 35.5 Å². The third kappa shape index (κ3) is 6.59. The van der Waals surface area contributed by atoms with E-state index in [9.17, 15) is 13.2 Å². The van der Waals surface area contributed by atoms with E-state index in [1.807, 2.05) is 13.0 Å². The van der Waals surface area contributed by atoms with E-state index in [4.69, 9.17) is 9.26 Å². The third-order valence-electron chi connectivity index (χ3n) is 4.24. The predicted octanol–water partition coefficient (Wildman–Crippen LogP) is 4.87. The van der Waals surface area contributed by atoms with Crippen molar-refractivity contribution in [3.05, 3.63) is 71.2 Å². The molecule has 0 atom stereocenters. The van der Waals surface area contributed by atoms with Crippen molar-refractivity contribution in [2.75, 3.05) is 10.6 Å². The molecule has 13 heteroatoms. The summed E-state index contributed by atoms with van der Waals surface area (Å²) in [7, 11) is 0. The number of anilines is 3. The predicted molar refractivity (Wildman–Crippen MR) is 115 cm³/mol. The summed E-state index contributed by atoms with van der Waals surface area (Å²) in [4.78, 5) is 8.49. The van der Waals surface area contributed by atoms with Crippen LogP contribution < -0.4 is 15.4 Å². The molecule has 9 nitrogen and oxygen atoms in total. The van der Waals surface area contributed by atoms with E-state index >= 15 is 0 Å². The average molecular weight is 482 g/mol. The number of rotatable bonds is 8. The molecule has 33 heavy (non-hydrogen) atoms. The van der Waals surface area contributed by atoms with Gasteiger partial charge in [0.1, 0.15) is 18.2 Å². The SMILES string of the molecule is Cc1cc(CNc2nccc(Nc3cc(OCc4ccc(C(F)(F)F)cc4)n[nH]3)n2)on1.Cl. The lowest BCUT2D eigenvalue weighted by molar-refractivity contribution is -0.137. The second-order valence-electron chi connectivity index (χ2n) is 6.78. The minimum atomic E-state index is -4.37. The molecule has 0 bridgehead atoms. The van der Waals surface area contributed by atoms with Crippen LogP contribution >= 0.6 is 12.4 Å². The van der Waals surface area contributed by atoms with Crippen molar-refractivity contribution >= 4 is 30.0 Å². The monoisotopic (exact) mass is 481 g/mol. The van der Waals surface area contributed by atoms with E-state index in [1.54, 1.807) is 18.3 Å². The molecule has 3 heterocycles. The lowest BCUT2D eigenvalue weighted by Gasteiger charge is -2.07. The Hall–Kier alpha value is -3.80. The molecule has 3 aromatic heterocycles. The number of hydrogen-bond donors (Lipinski definition) is 3. The molecule has 0 unspecified atom stereocenters. The number of aromatic nitrogens is 5. The van der Waals surface area contributed by atoms with Gasteiger partial charge >= 0.3 is 6.18 Å². The van der Waals surface area contributed by atoms with Gasteiger partial charge < -0.3 is 19.9 Å². The number of H-pyrrole nitrogens is 1. The van der Waals surface area contributed by atoms with E-state index in [1.165, 1.54) is 12.1 Å². The summed E-state index contributed by atoms with van der Waals surface area (Å²) >= 11 is 0. The fourth-order valence-electron chi connectivity index (χ4n) is 2.71. The van der Waals surface area contributed by atoms with Crippen molar-refractivity contribution in [2.45, 2.75) is 26.3 Å². The van der Waals surface area contributed by atoms with Gasteiger partial charge in [0, 0.05) is 18.3 Å². The summed E-state index contributed by atoms with van der Waals surface area (Å²) < 4.78 is 48.5. The van der Waals surface area contributed by atoms with Crippen LogP contribution in [0.3, 0.4) is 0 Å². The first-order valence-electron chi connectivity index (χ1n) is 9.46. The van der Waals surface area contributed by atoms with Crippen LogP contribution in [0.2, 0.25) is 0 Å². The number of alkyl halides is 3. The van der Waals surface area contributed by atoms with Gasteiger partial charge in [0.25, 0.3) is 0 Å². The minimum Gasteiger partial charge on any atom is -0.472 e. The molecule has 0 aliphatic carbocycles. The van der Waals surface area contributed by atoms with E-state index in [0.717, 1.165) is 17.8 Å². The van der Waals surface area contributed by atoms with Gasteiger partial charge in [-0.1, -0.05) is 17.3 Å². The smallest absolute Gasteiger partial charge is 0.416 e. The first-order valence-corrected chi connectivity index (χ1v) is 9.46. The fourth-order valence-corrected chi connectivity index (χ4v) is 2.71. The maximum Gasteiger partial charge on any atom is 0.416 e. The van der Waals surface area contributed by atoms with Gasteiger partial charge in [-0.05, 0) is 30.7 Å². The molecular formula is C20H19ClF3N7O2. The number of nitrogens with one attached hydrogen (secondary N) is 3. The van der Waals surface area contributed by atoms with Gasteiger partial charge in [-0.25, -0.2) is 4.98 Å². The second kappa shape index (κ2) is 10.2. The van der Waals surface area contributed by atoms with Gasteiger partial charge in [0.05, 0.1) is 17.8 Å². The Labute approximate surface area is 192 Å². The van der Waals surface area contributed by atoms with Crippen molar-refractivity contribution in [1.82, 2.24) is 25.3 Å². The Balaban J connectivity index is 0.00000306. The van der Waals surface area contributed by atoms with Gasteiger partial charge in [0.2, 0.25) is 11.8 Å². The van der Waals surface area contributed by atoms with Gasteiger partial charge in [-0.2, -0.15) is 18.2 Å². The zero-order valence-electron chi connectivity index (χ0n) is 17.2. The topological polar surface area (TPSA) is 114 Å². The molecule has 4 rings (SSSR count). The lowest BCUT2D eigenvalue weighted by Crippen LogP contribution is -2.05. The van der Waals surface area contributed by atoms with Gasteiger partial charge in [0.15, 0.2) is 5.76 Å². The second-order valence-corrected chi connectivity index (χ2v) is 6.78. The van der Waals surface area contributed by atoms with Crippen LogP contribution in [-0.4, -0.2) is 25.3 Å². The molecule has 0 saturated heterocycles. The summed E-state index contributed by atoms with van der Waals surface area (Å²) in [6.07, 6.45) is -2.78. The van der Waals surface area contributed by atoms with Crippen molar-refractivity contribution in [3.8, 4) is 5.88 Å². The van der Waals surface area contributed by atoms with Crippen molar-refractivity contribution in [1.29, 1.82) is 0 Å². The summed E-state index contributed by atoms with van der Waals surface area (Å²) in [6, 6.07) is 9.85. The maximum atomic E-state index is 12.6. The number of benzene rings is 1. The van der Waals surface area contributed by atoms with E-state index in [2.05, 4.69) is 36.0 Å². The zero-order chi connectivity index (χ0) is 22.6. The highest BCUT2D eigenvalue weighted by molar-refractivity contribution is 5.85. The highest BCUT2D eigenvalue weighted by atomic mass is 35.5. The Morgan fingerprint density at radius 1 is 1.12 bits per heavy atom. The summed E-state index contributed by atoms with van der Waals surface area (Å²) in [6.45, 7) is 2.29. The normalized spacial score (nSPS) is 11.0. The molecule has 0 fully saturated rings. The molecule has 3 N–H and O–H groups in total. The summed E-state index contributed by atoms with van der Waals surface area (Å²) in [5.41, 5.74) is 0.667. The van der Waals surface area contributed by atoms with Crippen LogP contribution in [0.4, 0.5) is 30.8 Å². The largest absolute Gasteiger partial charge is 0.472 e. The molecule has 1 aromatic carbocycles. The molecule has 0 amide bonds. The van der Waals surface area contributed by atoms with Crippen molar-refractivity contribution in [3.63, 3.8) is 0 Å². The molecule has 0 spiro atoms. The molecule has 4 aromatic rings. The number of nitrogens with zero attached hydrogens (tertiary/aromatic N) is 4. The Morgan fingerprint density at radius 3 is 2.61 bits per heavy atom. The first-order chi connectivity index (χ1) is 15.3.